The molecule has 50 heavy (non-hydrogen) atoms. The van der Waals surface area contributed by atoms with E-state index in [9.17, 15) is 0 Å². The summed E-state index contributed by atoms with van der Waals surface area (Å²) in [5.41, 5.74) is 3.48. The van der Waals surface area contributed by atoms with Gasteiger partial charge in [-0.05, 0) is 89.6 Å². The Morgan fingerprint density at radius 2 is 0.760 bits per heavy atom. The maximum atomic E-state index is 2.48. The number of rotatable bonds is 3. The fourth-order valence-corrected chi connectivity index (χ4v) is 9.65. The molecule has 2 heteroatoms. The summed E-state index contributed by atoms with van der Waals surface area (Å²) in [4.78, 5) is 2.48. The highest BCUT2D eigenvalue weighted by Gasteiger charge is 2.21. The first-order valence-corrected chi connectivity index (χ1v) is 18.0. The van der Waals surface area contributed by atoms with Crippen molar-refractivity contribution in [2.24, 2.45) is 0 Å². The van der Waals surface area contributed by atoms with Gasteiger partial charge < -0.3 is 4.90 Å². The summed E-state index contributed by atoms with van der Waals surface area (Å²) < 4.78 is 2.64. The molecule has 1 heterocycles. The maximum absolute atomic E-state index is 2.48. The highest BCUT2D eigenvalue weighted by Crippen LogP contribution is 2.49. The molecule has 11 aromatic rings. The second-order valence-corrected chi connectivity index (χ2v) is 14.3. The largest absolute Gasteiger partial charge is 0.309 e. The van der Waals surface area contributed by atoms with Gasteiger partial charge in [0.15, 0.2) is 0 Å². The molecular formula is C48H29NS. The first-order chi connectivity index (χ1) is 24.8. The predicted molar refractivity (Wildman–Crippen MR) is 219 cm³/mol. The zero-order valence-corrected chi connectivity index (χ0v) is 27.9. The molecule has 1 aromatic heterocycles. The molecule has 10 aromatic carbocycles. The summed E-state index contributed by atoms with van der Waals surface area (Å²) in [6.45, 7) is 0. The van der Waals surface area contributed by atoms with Crippen LogP contribution >= 0.6 is 11.3 Å². The maximum Gasteiger partial charge on any atom is 0.0640 e. The van der Waals surface area contributed by atoms with Gasteiger partial charge in [-0.25, -0.2) is 0 Å². The Balaban J connectivity index is 1.22. The molecule has 11 rings (SSSR count). The summed E-state index contributed by atoms with van der Waals surface area (Å²) in [6.07, 6.45) is 0. The fourth-order valence-electron chi connectivity index (χ4n) is 8.30. The van der Waals surface area contributed by atoms with Crippen molar-refractivity contribution in [2.45, 2.75) is 0 Å². The molecule has 0 atom stereocenters. The minimum absolute atomic E-state index is 1.15. The Morgan fingerprint density at radius 1 is 0.300 bits per heavy atom. The Kier molecular flexibility index (Phi) is 5.89. The normalized spacial score (nSPS) is 12.0. The van der Waals surface area contributed by atoms with E-state index < -0.39 is 0 Å². The average Bonchev–Trinajstić information content (AvgIpc) is 3.59. The van der Waals surface area contributed by atoms with Crippen LogP contribution in [0.25, 0.3) is 84.8 Å². The van der Waals surface area contributed by atoms with E-state index in [4.69, 9.17) is 0 Å². The van der Waals surface area contributed by atoms with Gasteiger partial charge in [-0.2, -0.15) is 0 Å². The topological polar surface area (TPSA) is 3.24 Å². The molecule has 0 saturated carbocycles. The van der Waals surface area contributed by atoms with Gasteiger partial charge in [0, 0.05) is 32.2 Å². The van der Waals surface area contributed by atoms with E-state index >= 15 is 0 Å². The van der Waals surface area contributed by atoms with Crippen LogP contribution in [-0.2, 0) is 0 Å². The fraction of sp³-hybridized carbons (Fsp3) is 0. The zero-order valence-electron chi connectivity index (χ0n) is 27.1. The summed E-state index contributed by atoms with van der Waals surface area (Å²) in [7, 11) is 0. The number of hydrogen-bond donors (Lipinski definition) is 0. The van der Waals surface area contributed by atoms with Crippen molar-refractivity contribution in [1.29, 1.82) is 0 Å². The van der Waals surface area contributed by atoms with Gasteiger partial charge in [-0.1, -0.05) is 146 Å². The number of fused-ring (bicyclic) bond motifs is 14. The number of thiophene rings is 1. The van der Waals surface area contributed by atoms with Crippen LogP contribution in [0.15, 0.2) is 176 Å². The third kappa shape index (κ3) is 4.00. The van der Waals surface area contributed by atoms with E-state index in [0.29, 0.717) is 0 Å². The van der Waals surface area contributed by atoms with Gasteiger partial charge in [0.25, 0.3) is 0 Å². The van der Waals surface area contributed by atoms with Crippen LogP contribution in [0.1, 0.15) is 0 Å². The smallest absolute Gasteiger partial charge is 0.0640 e. The molecule has 0 fully saturated rings. The first kappa shape index (κ1) is 27.7. The number of anilines is 3. The van der Waals surface area contributed by atoms with Crippen LogP contribution in [0.3, 0.4) is 0 Å². The van der Waals surface area contributed by atoms with E-state index in [1.54, 1.807) is 0 Å². The summed E-state index contributed by atoms with van der Waals surface area (Å²) >= 11 is 1.92. The molecule has 232 valence electrons. The van der Waals surface area contributed by atoms with E-state index in [-0.39, 0.29) is 0 Å². The van der Waals surface area contributed by atoms with Crippen LogP contribution < -0.4 is 4.90 Å². The van der Waals surface area contributed by atoms with Crippen molar-refractivity contribution in [3.8, 4) is 0 Å². The Morgan fingerprint density at radius 3 is 1.38 bits per heavy atom. The number of benzene rings is 10. The first-order valence-electron chi connectivity index (χ1n) is 17.2. The Hall–Kier alpha value is -6.22. The standard InChI is InChI=1S/C48H29NS/c1-3-12-36-30(10-1)20-22-32-28-34(24-26-38(32)36)49(35-25-27-39-33(29-35)23-21-31-11-2-4-13-37(31)39)45-19-9-18-44-46-42-16-7-5-14-40(42)41-15-6-8-17-43(41)48(46)50-47(44)45/h1-29H. The van der Waals surface area contributed by atoms with Crippen molar-refractivity contribution in [2.75, 3.05) is 4.90 Å². The molecule has 0 spiro atoms. The second kappa shape index (κ2) is 10.6. The molecule has 0 unspecified atom stereocenters. The number of nitrogens with zero attached hydrogens (tertiary/aromatic N) is 1. The molecule has 0 N–H and O–H groups in total. The van der Waals surface area contributed by atoms with Crippen LogP contribution in [-0.4, -0.2) is 0 Å². The quantitative estimate of drug-likeness (QED) is 0.172. The molecule has 1 nitrogen and oxygen atoms in total. The van der Waals surface area contributed by atoms with Crippen molar-refractivity contribution in [3.05, 3.63) is 176 Å². The third-order valence-corrected chi connectivity index (χ3v) is 11.8. The molecule has 0 aliphatic heterocycles. The van der Waals surface area contributed by atoms with Crippen molar-refractivity contribution >= 4 is 113 Å². The molecule has 0 amide bonds. The van der Waals surface area contributed by atoms with Gasteiger partial charge >= 0.3 is 0 Å². The molecule has 0 aliphatic carbocycles. The van der Waals surface area contributed by atoms with Gasteiger partial charge in [-0.15, -0.1) is 11.3 Å². The number of hydrogen-bond acceptors (Lipinski definition) is 2. The average molecular weight is 652 g/mol. The molecule has 0 aliphatic rings. The highest BCUT2D eigenvalue weighted by atomic mass is 32.1. The van der Waals surface area contributed by atoms with Crippen LogP contribution in [0, 0.1) is 0 Å². The van der Waals surface area contributed by atoms with Gasteiger partial charge in [0.1, 0.15) is 0 Å². The van der Waals surface area contributed by atoms with Crippen molar-refractivity contribution in [1.82, 2.24) is 0 Å². The van der Waals surface area contributed by atoms with Gasteiger partial charge in [0.05, 0.1) is 10.4 Å². The van der Waals surface area contributed by atoms with Crippen LogP contribution in [0.4, 0.5) is 17.1 Å². The molecule has 0 saturated heterocycles. The van der Waals surface area contributed by atoms with Gasteiger partial charge in [-0.3, -0.25) is 0 Å². The Bertz CT molecular complexity index is 3050. The van der Waals surface area contributed by atoms with Crippen molar-refractivity contribution in [3.63, 3.8) is 0 Å². The summed E-state index contributed by atoms with van der Waals surface area (Å²) in [6, 6.07) is 65.0. The summed E-state index contributed by atoms with van der Waals surface area (Å²) in [5.74, 6) is 0. The predicted octanol–water partition coefficient (Wildman–Crippen LogP) is 14.4. The SMILES string of the molecule is c1ccc2c(c1)ccc1cc(N(c3ccc4c(ccc5ccccc54)c3)c3cccc4c3sc3c5ccccc5c5ccccc5c43)ccc12. The second-order valence-electron chi connectivity index (χ2n) is 13.3. The zero-order chi connectivity index (χ0) is 32.8. The van der Waals surface area contributed by atoms with Crippen LogP contribution in [0.2, 0.25) is 0 Å². The summed E-state index contributed by atoms with van der Waals surface area (Å²) in [5, 5.41) is 18.0. The molecule has 0 bridgehead atoms. The lowest BCUT2D eigenvalue weighted by atomic mass is 9.97. The lowest BCUT2D eigenvalue weighted by molar-refractivity contribution is 1.31. The van der Waals surface area contributed by atoms with E-state index in [0.717, 1.165) is 11.4 Å². The lowest BCUT2D eigenvalue weighted by Crippen LogP contribution is -2.10. The van der Waals surface area contributed by atoms with E-state index in [2.05, 4.69) is 181 Å². The third-order valence-electron chi connectivity index (χ3n) is 10.6. The minimum atomic E-state index is 1.15. The van der Waals surface area contributed by atoms with Crippen molar-refractivity contribution < 1.29 is 0 Å². The minimum Gasteiger partial charge on any atom is -0.309 e. The Labute approximate surface area is 292 Å². The van der Waals surface area contributed by atoms with E-state index in [1.807, 2.05) is 11.3 Å². The lowest BCUT2D eigenvalue weighted by Gasteiger charge is -2.27. The molecule has 0 radical (unpaired) electrons. The monoisotopic (exact) mass is 651 g/mol. The molecular weight excluding hydrogens is 623 g/mol. The van der Waals surface area contributed by atoms with E-state index in [1.165, 1.54) is 90.5 Å². The van der Waals surface area contributed by atoms with Crippen LogP contribution in [0.5, 0.6) is 0 Å². The van der Waals surface area contributed by atoms with Gasteiger partial charge in [0.2, 0.25) is 0 Å². The highest BCUT2D eigenvalue weighted by molar-refractivity contribution is 7.27.